The molecule has 5 heterocycles. The molecule has 1 amide bonds. The molecule has 12 heteroatoms. The lowest BCUT2D eigenvalue weighted by Crippen LogP contribution is -2.66. The van der Waals surface area contributed by atoms with Gasteiger partial charge in [-0.3, -0.25) is 14.9 Å². The van der Waals surface area contributed by atoms with E-state index >= 15 is 0 Å². The number of nitrogens with one attached hydrogen (secondary N) is 1. The van der Waals surface area contributed by atoms with Crippen molar-refractivity contribution in [3.05, 3.63) is 47.5 Å². The number of aliphatic hydroxyl groups excluding tert-OH is 3. The fraction of sp³-hybridized carbons (Fsp3) is 0.750. The number of nitrogens with zero attached hydrogens (tertiary/aromatic N) is 1. The van der Waals surface area contributed by atoms with Crippen molar-refractivity contribution in [2.45, 2.75) is 145 Å². The minimum absolute atomic E-state index is 0.0244. The van der Waals surface area contributed by atoms with Crippen molar-refractivity contribution in [3.8, 4) is 11.8 Å². The number of ether oxygens (including phenoxy) is 3. The summed E-state index contributed by atoms with van der Waals surface area (Å²) < 4.78 is 18.1. The molecule has 5 aliphatic heterocycles. The van der Waals surface area contributed by atoms with Crippen molar-refractivity contribution < 1.29 is 49.3 Å². The van der Waals surface area contributed by atoms with Crippen LogP contribution in [0.25, 0.3) is 0 Å². The van der Waals surface area contributed by atoms with Crippen molar-refractivity contribution in [1.82, 2.24) is 10.2 Å². The third kappa shape index (κ3) is 6.35. The number of methoxy groups -OCH3 is 1. The standard InChI is InChI=1S/C48H66N2O10/c1-44-18-15-30(59-23-9-22-58-4)24-33(44)34(52)25-36-47(44)17-8-12-29-26-50(29)43(55)38-31(14-13-28-10-6-5-7-11-28)37-32(27-51)39(60-40(37)42(54)49-38)41(53)46(3,56)35-16-19-48(36,57)45(35,2)20-21-47/h5-7,10-11,25,29-33,35,37-42,49,51,53-54,56-57H,9,12-16,18-24,26-27H2,1-4H3/t29-,30+,31+,32-,33+,35+,37-,38+,39+,40+,41-,42+,44+,45-,46+,47+,48-,50?/m1/s1. The number of hydrogen-bond acceptors (Lipinski definition) is 11. The van der Waals surface area contributed by atoms with Crippen LogP contribution >= 0.6 is 0 Å². The number of aryl methyl sites for hydroxylation is 1. The Balaban J connectivity index is 1.12. The average molecular weight is 831 g/mol. The third-order valence-electron chi connectivity index (χ3n) is 17.7. The van der Waals surface area contributed by atoms with E-state index in [4.69, 9.17) is 14.2 Å². The first-order valence-electron chi connectivity index (χ1n) is 22.7. The lowest BCUT2D eigenvalue weighted by molar-refractivity contribution is -0.206. The van der Waals surface area contributed by atoms with Crippen LogP contribution in [0.4, 0.5) is 0 Å². The summed E-state index contributed by atoms with van der Waals surface area (Å²) in [5.41, 5.74) is -3.97. The summed E-state index contributed by atoms with van der Waals surface area (Å²) in [7, 11) is 1.67. The summed E-state index contributed by atoms with van der Waals surface area (Å²) in [4.78, 5) is 30.9. The Morgan fingerprint density at radius 3 is 2.50 bits per heavy atom. The maximum atomic E-state index is 14.6. The lowest BCUT2D eigenvalue weighted by Gasteiger charge is -2.64. The number of fused-ring (bicyclic) bond motifs is 4. The van der Waals surface area contributed by atoms with Crippen LogP contribution in [0, 0.1) is 57.7 Å². The molecule has 0 unspecified atom stereocenters. The van der Waals surface area contributed by atoms with Gasteiger partial charge in [-0.1, -0.05) is 50.1 Å². The number of aliphatic hydroxyl groups is 5. The molecule has 12 nitrogen and oxygen atoms in total. The Labute approximate surface area is 354 Å². The third-order valence-corrected chi connectivity index (χ3v) is 17.7. The predicted molar refractivity (Wildman–Crippen MR) is 221 cm³/mol. The molecule has 10 rings (SSSR count). The molecule has 17 atom stereocenters. The summed E-state index contributed by atoms with van der Waals surface area (Å²) in [6.07, 6.45) is 3.13. The Bertz CT molecular complexity index is 1910. The summed E-state index contributed by atoms with van der Waals surface area (Å²) in [5.74, 6) is 4.64. The summed E-state index contributed by atoms with van der Waals surface area (Å²) in [6, 6.07) is 9.13. The molecule has 6 N–H and O–H groups in total. The average Bonchev–Trinajstić information content (AvgIpc) is 3.80. The van der Waals surface area contributed by atoms with Crippen molar-refractivity contribution in [3.63, 3.8) is 0 Å². The molecule has 0 aromatic heterocycles. The number of ketones is 1. The van der Waals surface area contributed by atoms with Crippen LogP contribution in [0.3, 0.4) is 0 Å². The van der Waals surface area contributed by atoms with Crippen LogP contribution in [0.5, 0.6) is 0 Å². The molecule has 0 radical (unpaired) electrons. The van der Waals surface area contributed by atoms with Gasteiger partial charge in [-0.05, 0) is 106 Å². The van der Waals surface area contributed by atoms with E-state index in [0.717, 1.165) is 18.4 Å². The minimum Gasteiger partial charge on any atom is -0.396 e. The van der Waals surface area contributed by atoms with Gasteiger partial charge in [0.15, 0.2) is 5.78 Å². The van der Waals surface area contributed by atoms with Gasteiger partial charge in [-0.2, -0.15) is 0 Å². The molecule has 6 fully saturated rings. The zero-order valence-electron chi connectivity index (χ0n) is 35.7. The molecule has 1 spiro atoms. The highest BCUT2D eigenvalue weighted by Gasteiger charge is 2.74. The Morgan fingerprint density at radius 2 is 1.75 bits per heavy atom. The predicted octanol–water partition coefficient (Wildman–Crippen LogP) is 2.91. The molecule has 328 valence electrons. The normalized spacial score (nSPS) is 48.0. The SMILES string of the molecule is COCCCO[C@H]1CC[C@@]2(C)[C@@H](C1)C(=O)C=C1[C@]3(O)CC[C@@H]4[C@](C)(O)[C@H](O)[C@H]5O[C@H]6[C@@H]([C@H]5CO)[C@H](CCc5ccccc5)[C@H](N[C@H]6O)C(=O)N5C[C@H]5CC#C[C@]12CC[C@]43C. The second-order valence-corrected chi connectivity index (χ2v) is 20.4. The van der Waals surface area contributed by atoms with Crippen LogP contribution in [-0.4, -0.2) is 130 Å². The Kier molecular flexibility index (Phi) is 11.0. The second-order valence-electron chi connectivity index (χ2n) is 20.4. The van der Waals surface area contributed by atoms with Gasteiger partial charge in [-0.25, -0.2) is 0 Å². The smallest absolute Gasteiger partial charge is 0.240 e. The summed E-state index contributed by atoms with van der Waals surface area (Å²) >= 11 is 0. The van der Waals surface area contributed by atoms with Crippen LogP contribution in [0.1, 0.15) is 90.5 Å². The number of carbonyl (C=O) groups is 2. The van der Waals surface area contributed by atoms with Crippen LogP contribution < -0.4 is 5.32 Å². The first-order chi connectivity index (χ1) is 28.6. The van der Waals surface area contributed by atoms with Crippen molar-refractivity contribution in [1.29, 1.82) is 0 Å². The molecule has 1 aromatic carbocycles. The van der Waals surface area contributed by atoms with Crippen molar-refractivity contribution in [2.75, 3.05) is 33.5 Å². The second kappa shape index (κ2) is 15.5. The van der Waals surface area contributed by atoms with Gasteiger partial charge >= 0.3 is 0 Å². The van der Waals surface area contributed by atoms with Crippen LogP contribution in [0.15, 0.2) is 42.0 Å². The quantitative estimate of drug-likeness (QED) is 0.123. The highest BCUT2D eigenvalue weighted by molar-refractivity contribution is 5.96. The van der Waals surface area contributed by atoms with E-state index in [0.29, 0.717) is 76.7 Å². The Hall–Kier alpha value is -2.70. The molecule has 3 saturated heterocycles. The van der Waals surface area contributed by atoms with Gasteiger partial charge in [-0.15, -0.1) is 5.92 Å². The largest absolute Gasteiger partial charge is 0.396 e. The first-order valence-corrected chi connectivity index (χ1v) is 22.7. The van der Waals surface area contributed by atoms with Gasteiger partial charge in [0.2, 0.25) is 5.91 Å². The fourth-order valence-corrected chi connectivity index (χ4v) is 14.2. The van der Waals surface area contributed by atoms with E-state index in [1.54, 1.807) is 20.1 Å². The molecule has 7 bridgehead atoms. The van der Waals surface area contributed by atoms with Gasteiger partial charge in [0.1, 0.15) is 18.4 Å². The zero-order valence-corrected chi connectivity index (χ0v) is 35.7. The molecule has 60 heavy (non-hydrogen) atoms. The minimum atomic E-state index is -1.81. The van der Waals surface area contributed by atoms with E-state index in [-0.39, 0.29) is 48.7 Å². The summed E-state index contributed by atoms with van der Waals surface area (Å²) in [5, 5.41) is 64.7. The van der Waals surface area contributed by atoms with Crippen molar-refractivity contribution in [2.24, 2.45) is 45.8 Å². The van der Waals surface area contributed by atoms with E-state index in [9.17, 15) is 35.1 Å². The molecule has 4 aliphatic carbocycles. The number of allylic oxidation sites excluding steroid dienone is 1. The molecular formula is C48H66N2O10. The van der Waals surface area contributed by atoms with Gasteiger partial charge < -0.3 is 44.6 Å². The molecule has 3 saturated carbocycles. The van der Waals surface area contributed by atoms with E-state index in [1.165, 1.54) is 0 Å². The monoisotopic (exact) mass is 830 g/mol. The van der Waals surface area contributed by atoms with E-state index < -0.39 is 75.8 Å². The summed E-state index contributed by atoms with van der Waals surface area (Å²) in [6.45, 7) is 7.09. The van der Waals surface area contributed by atoms with Gasteiger partial charge in [0, 0.05) is 63.1 Å². The number of benzene rings is 1. The van der Waals surface area contributed by atoms with E-state index in [1.807, 2.05) is 42.2 Å². The first kappa shape index (κ1) is 42.6. The maximum Gasteiger partial charge on any atom is 0.240 e. The maximum absolute atomic E-state index is 14.6. The number of piperidine rings is 1. The van der Waals surface area contributed by atoms with Gasteiger partial charge in [0.05, 0.1) is 40.9 Å². The zero-order chi connectivity index (χ0) is 42.4. The van der Waals surface area contributed by atoms with Crippen LogP contribution in [0.2, 0.25) is 0 Å². The highest BCUT2D eigenvalue weighted by Crippen LogP contribution is 2.73. The number of hydrogen-bond donors (Lipinski definition) is 6. The van der Waals surface area contributed by atoms with Gasteiger partial charge in [0.25, 0.3) is 0 Å². The van der Waals surface area contributed by atoms with Crippen molar-refractivity contribution >= 4 is 11.7 Å². The number of amides is 1. The number of rotatable bonds is 9. The molecule has 1 aromatic rings. The Morgan fingerprint density at radius 1 is 0.967 bits per heavy atom. The molecular weight excluding hydrogens is 765 g/mol. The molecule has 9 aliphatic rings. The number of carbonyl (C=O) groups excluding carboxylic acids is 2. The highest BCUT2D eigenvalue weighted by atomic mass is 16.5. The lowest BCUT2D eigenvalue weighted by atomic mass is 9.39. The topological polar surface area (TPSA) is 178 Å². The van der Waals surface area contributed by atoms with E-state index in [2.05, 4.69) is 24.1 Å². The fourth-order valence-electron chi connectivity index (χ4n) is 14.2. The van der Waals surface area contributed by atoms with Crippen LogP contribution in [-0.2, 0) is 30.2 Å².